The largest absolute Gasteiger partial charge is 0.252 e. The summed E-state index contributed by atoms with van der Waals surface area (Å²) in [5.74, 6) is 0.458. The van der Waals surface area contributed by atoms with E-state index in [1.54, 1.807) is 0 Å². The summed E-state index contributed by atoms with van der Waals surface area (Å²) in [6.45, 7) is 0. The van der Waals surface area contributed by atoms with E-state index in [0.717, 1.165) is 9.99 Å². The molecule has 2 heteroatoms. The van der Waals surface area contributed by atoms with Crippen LogP contribution in [0.5, 0.6) is 0 Å². The van der Waals surface area contributed by atoms with Crippen molar-refractivity contribution in [1.82, 2.24) is 4.98 Å². The topological polar surface area (TPSA) is 12.9 Å². The first-order chi connectivity index (χ1) is 9.81. The lowest BCUT2D eigenvalue weighted by Gasteiger charge is -2.12. The van der Waals surface area contributed by atoms with Crippen molar-refractivity contribution in [1.29, 1.82) is 0 Å². The average molecular weight is 324 g/mol. The fraction of sp³-hybridized carbons (Fsp3) is 0.167. The van der Waals surface area contributed by atoms with E-state index < -0.39 is 0 Å². The van der Waals surface area contributed by atoms with Crippen molar-refractivity contribution in [2.75, 3.05) is 0 Å². The number of benzene rings is 2. The number of aromatic nitrogens is 1. The molecule has 0 aliphatic heterocycles. The quantitative estimate of drug-likeness (QED) is 0.608. The summed E-state index contributed by atoms with van der Waals surface area (Å²) in [7, 11) is 0. The Morgan fingerprint density at radius 2 is 1.90 bits per heavy atom. The molecule has 4 rings (SSSR count). The van der Waals surface area contributed by atoms with Gasteiger partial charge in [0.25, 0.3) is 0 Å². The van der Waals surface area contributed by atoms with Crippen LogP contribution in [0.1, 0.15) is 29.2 Å². The van der Waals surface area contributed by atoms with E-state index in [1.165, 1.54) is 35.0 Å². The van der Waals surface area contributed by atoms with Crippen molar-refractivity contribution in [3.63, 3.8) is 0 Å². The van der Waals surface area contributed by atoms with E-state index in [2.05, 4.69) is 70.5 Å². The third-order valence-corrected chi connectivity index (χ3v) is 4.66. The van der Waals surface area contributed by atoms with Gasteiger partial charge in [0.05, 0.1) is 5.52 Å². The maximum absolute atomic E-state index is 4.88. The molecule has 1 aliphatic carbocycles. The van der Waals surface area contributed by atoms with E-state index >= 15 is 0 Å². The minimum atomic E-state index is 0.458. The Hall–Kier alpha value is -1.67. The number of rotatable bonds is 1. The molecular weight excluding hydrogens is 310 g/mol. The first-order valence-electron chi connectivity index (χ1n) is 6.95. The molecule has 0 fully saturated rings. The summed E-state index contributed by atoms with van der Waals surface area (Å²) >= 11 is 3.51. The zero-order valence-electron chi connectivity index (χ0n) is 11.0. The van der Waals surface area contributed by atoms with E-state index in [-0.39, 0.29) is 0 Å². The summed E-state index contributed by atoms with van der Waals surface area (Å²) in [4.78, 5) is 4.88. The van der Waals surface area contributed by atoms with Crippen molar-refractivity contribution in [3.8, 4) is 0 Å². The second kappa shape index (κ2) is 4.71. The molecular formula is C18H14BrN. The first-order valence-corrected chi connectivity index (χ1v) is 7.74. The highest BCUT2D eigenvalue weighted by atomic mass is 79.9. The SMILES string of the molecule is Brc1ccc2nc([C@@H]3CCc4ccccc43)ccc2c1. The Kier molecular flexibility index (Phi) is 2.85. The van der Waals surface area contributed by atoms with Crippen molar-refractivity contribution in [3.05, 3.63) is 75.9 Å². The van der Waals surface area contributed by atoms with Crippen LogP contribution in [0.25, 0.3) is 10.9 Å². The molecule has 1 nitrogen and oxygen atoms in total. The highest BCUT2D eigenvalue weighted by Crippen LogP contribution is 2.37. The summed E-state index contributed by atoms with van der Waals surface area (Å²) < 4.78 is 1.10. The van der Waals surface area contributed by atoms with Crippen LogP contribution >= 0.6 is 15.9 Å². The Bertz CT molecular complexity index is 794. The zero-order valence-corrected chi connectivity index (χ0v) is 12.6. The number of halogens is 1. The second-order valence-corrected chi connectivity index (χ2v) is 6.28. The van der Waals surface area contributed by atoms with Gasteiger partial charge in [0.2, 0.25) is 0 Å². The van der Waals surface area contributed by atoms with Gasteiger partial charge in [0, 0.05) is 21.5 Å². The fourth-order valence-electron chi connectivity index (χ4n) is 3.17. The lowest BCUT2D eigenvalue weighted by molar-refractivity contribution is 0.765. The number of nitrogens with zero attached hydrogens (tertiary/aromatic N) is 1. The van der Waals surface area contributed by atoms with Crippen molar-refractivity contribution >= 4 is 26.8 Å². The first kappa shape index (κ1) is 12.1. The lowest BCUT2D eigenvalue weighted by atomic mass is 9.97. The lowest BCUT2D eigenvalue weighted by Crippen LogP contribution is -1.99. The smallest absolute Gasteiger partial charge is 0.0706 e. The van der Waals surface area contributed by atoms with Gasteiger partial charge in [-0.2, -0.15) is 0 Å². The second-order valence-electron chi connectivity index (χ2n) is 5.36. The Morgan fingerprint density at radius 1 is 1.00 bits per heavy atom. The van der Waals surface area contributed by atoms with Crippen LogP contribution in [0.4, 0.5) is 0 Å². The molecule has 1 aliphatic rings. The Balaban J connectivity index is 1.82. The van der Waals surface area contributed by atoms with Gasteiger partial charge in [-0.1, -0.05) is 46.3 Å². The molecule has 98 valence electrons. The maximum Gasteiger partial charge on any atom is 0.0706 e. The highest BCUT2D eigenvalue weighted by Gasteiger charge is 2.24. The minimum absolute atomic E-state index is 0.458. The van der Waals surface area contributed by atoms with Gasteiger partial charge in [-0.3, -0.25) is 4.98 Å². The molecule has 0 amide bonds. The summed E-state index contributed by atoms with van der Waals surface area (Å²) in [5, 5.41) is 1.19. The third kappa shape index (κ3) is 1.95. The van der Waals surface area contributed by atoms with E-state index in [0.29, 0.717) is 5.92 Å². The van der Waals surface area contributed by atoms with Crippen LogP contribution in [0.3, 0.4) is 0 Å². The zero-order chi connectivity index (χ0) is 13.5. The standard InChI is InChI=1S/C18H14BrN/c19-14-7-10-17-13(11-14)6-9-18(20-17)16-8-5-12-3-1-2-4-15(12)16/h1-4,6-7,9-11,16H,5,8H2/t16-/m1/s1. The van der Waals surface area contributed by atoms with Crippen molar-refractivity contribution < 1.29 is 0 Å². The molecule has 0 bridgehead atoms. The van der Waals surface area contributed by atoms with Crippen LogP contribution in [-0.4, -0.2) is 4.98 Å². The maximum atomic E-state index is 4.88. The van der Waals surface area contributed by atoms with E-state index in [1.807, 2.05) is 0 Å². The average Bonchev–Trinajstić information content (AvgIpc) is 2.91. The van der Waals surface area contributed by atoms with Gasteiger partial charge in [-0.15, -0.1) is 0 Å². The van der Waals surface area contributed by atoms with Crippen LogP contribution in [0, 0.1) is 0 Å². The van der Waals surface area contributed by atoms with Crippen molar-refractivity contribution in [2.45, 2.75) is 18.8 Å². The Morgan fingerprint density at radius 3 is 2.85 bits per heavy atom. The molecule has 3 aromatic rings. The molecule has 0 saturated heterocycles. The predicted molar refractivity (Wildman–Crippen MR) is 86.0 cm³/mol. The summed E-state index contributed by atoms with van der Waals surface area (Å²) in [5.41, 5.74) is 5.21. The van der Waals surface area contributed by atoms with E-state index in [9.17, 15) is 0 Å². The monoisotopic (exact) mass is 323 g/mol. The fourth-order valence-corrected chi connectivity index (χ4v) is 3.55. The Labute approximate surface area is 126 Å². The van der Waals surface area contributed by atoms with Gasteiger partial charge in [-0.05, 0) is 48.2 Å². The number of aryl methyl sites for hydroxylation is 1. The molecule has 0 spiro atoms. The normalized spacial score (nSPS) is 17.4. The molecule has 20 heavy (non-hydrogen) atoms. The number of hydrogen-bond acceptors (Lipinski definition) is 1. The minimum Gasteiger partial charge on any atom is -0.252 e. The molecule has 0 saturated carbocycles. The summed E-state index contributed by atoms with van der Waals surface area (Å²) in [6.07, 6.45) is 2.34. The van der Waals surface area contributed by atoms with Gasteiger partial charge in [0.1, 0.15) is 0 Å². The molecule has 1 heterocycles. The molecule has 1 atom stereocenters. The number of pyridine rings is 1. The van der Waals surface area contributed by atoms with Crippen LogP contribution in [-0.2, 0) is 6.42 Å². The van der Waals surface area contributed by atoms with E-state index in [4.69, 9.17) is 4.98 Å². The predicted octanol–water partition coefficient (Wildman–Crippen LogP) is 5.08. The number of fused-ring (bicyclic) bond motifs is 2. The molecule has 0 radical (unpaired) electrons. The molecule has 0 N–H and O–H groups in total. The van der Waals surface area contributed by atoms with Crippen molar-refractivity contribution in [2.24, 2.45) is 0 Å². The molecule has 0 unspecified atom stereocenters. The number of hydrogen-bond donors (Lipinski definition) is 0. The summed E-state index contributed by atoms with van der Waals surface area (Å²) in [6, 6.07) is 19.4. The highest BCUT2D eigenvalue weighted by molar-refractivity contribution is 9.10. The molecule has 2 aromatic carbocycles. The van der Waals surface area contributed by atoms with Crippen LogP contribution in [0.15, 0.2) is 59.1 Å². The van der Waals surface area contributed by atoms with Gasteiger partial charge >= 0.3 is 0 Å². The van der Waals surface area contributed by atoms with Gasteiger partial charge < -0.3 is 0 Å². The van der Waals surface area contributed by atoms with Gasteiger partial charge in [0.15, 0.2) is 0 Å². The van der Waals surface area contributed by atoms with Crippen LogP contribution in [0.2, 0.25) is 0 Å². The van der Waals surface area contributed by atoms with Crippen LogP contribution < -0.4 is 0 Å². The third-order valence-electron chi connectivity index (χ3n) is 4.16. The molecule has 1 aromatic heterocycles. The van der Waals surface area contributed by atoms with Gasteiger partial charge in [-0.25, -0.2) is 0 Å².